The van der Waals surface area contributed by atoms with E-state index in [0.29, 0.717) is 0 Å². The Morgan fingerprint density at radius 2 is 2.33 bits per heavy atom. The fraction of sp³-hybridized carbons (Fsp3) is 0.500. The molecule has 0 spiro atoms. The molecule has 0 amide bonds. The third kappa shape index (κ3) is 1.69. The summed E-state index contributed by atoms with van der Waals surface area (Å²) in [5.74, 6) is 0. The van der Waals surface area contributed by atoms with E-state index in [2.05, 4.69) is 30.8 Å². The van der Waals surface area contributed by atoms with Crippen LogP contribution in [0.5, 0.6) is 0 Å². The van der Waals surface area contributed by atoms with Gasteiger partial charge in [-0.2, -0.15) is 12.6 Å². The van der Waals surface area contributed by atoms with Crippen molar-refractivity contribution in [2.75, 3.05) is 0 Å². The van der Waals surface area contributed by atoms with Crippen molar-refractivity contribution < 1.29 is 0 Å². The molecule has 50 valence electrons. The van der Waals surface area contributed by atoms with E-state index in [0.717, 1.165) is 0 Å². The van der Waals surface area contributed by atoms with Gasteiger partial charge in [0.05, 0.1) is 0 Å². The molecule has 1 rings (SSSR count). The van der Waals surface area contributed by atoms with Gasteiger partial charge in [0, 0.05) is 15.8 Å². The summed E-state index contributed by atoms with van der Waals surface area (Å²) in [5.41, 5.74) is 0. The van der Waals surface area contributed by atoms with Crippen molar-refractivity contribution in [3.63, 3.8) is 0 Å². The van der Waals surface area contributed by atoms with Gasteiger partial charge >= 0.3 is 0 Å². The smallest absolute Gasteiger partial charge is 0.0431 e. The Morgan fingerprint density at radius 1 is 1.67 bits per heavy atom. The Hall–Kier alpha value is -0.0200. The SMILES string of the molecule is CC(C)(S)c1ccns1. The molecule has 0 saturated heterocycles. The van der Waals surface area contributed by atoms with Crippen LogP contribution in [0.15, 0.2) is 12.3 Å². The molecule has 0 fully saturated rings. The number of hydrogen-bond acceptors (Lipinski definition) is 3. The minimum atomic E-state index is -0.0266. The van der Waals surface area contributed by atoms with Gasteiger partial charge in [-0.15, -0.1) is 0 Å². The fourth-order valence-corrected chi connectivity index (χ4v) is 1.31. The largest absolute Gasteiger partial charge is 0.201 e. The van der Waals surface area contributed by atoms with E-state index in [1.807, 2.05) is 6.07 Å². The van der Waals surface area contributed by atoms with Crippen LogP contribution < -0.4 is 0 Å². The fourth-order valence-electron chi connectivity index (χ4n) is 0.531. The Kier molecular flexibility index (Phi) is 1.82. The molecule has 0 aliphatic rings. The van der Waals surface area contributed by atoms with Crippen LogP contribution in [0, 0.1) is 0 Å². The average Bonchev–Trinajstić information content (AvgIpc) is 2.08. The molecular formula is C6H9NS2. The highest BCUT2D eigenvalue weighted by Crippen LogP contribution is 2.28. The predicted octanol–water partition coefficient (Wildman–Crippen LogP) is 2.31. The van der Waals surface area contributed by atoms with Crippen molar-refractivity contribution in [3.8, 4) is 0 Å². The van der Waals surface area contributed by atoms with Gasteiger partial charge in [0.2, 0.25) is 0 Å². The van der Waals surface area contributed by atoms with Crippen LogP contribution in [0.25, 0.3) is 0 Å². The molecular weight excluding hydrogens is 150 g/mol. The van der Waals surface area contributed by atoms with Crippen molar-refractivity contribution in [3.05, 3.63) is 17.1 Å². The topological polar surface area (TPSA) is 12.9 Å². The zero-order valence-corrected chi connectivity index (χ0v) is 7.17. The molecule has 3 heteroatoms. The number of thiol groups is 1. The molecule has 1 aromatic rings. The van der Waals surface area contributed by atoms with Crippen LogP contribution in [0.3, 0.4) is 0 Å². The van der Waals surface area contributed by atoms with Crippen LogP contribution in [-0.4, -0.2) is 4.37 Å². The minimum Gasteiger partial charge on any atom is -0.201 e. The third-order valence-electron chi connectivity index (χ3n) is 1.04. The first-order valence-electron chi connectivity index (χ1n) is 2.74. The lowest BCUT2D eigenvalue weighted by atomic mass is 10.2. The van der Waals surface area contributed by atoms with Gasteiger partial charge in [-0.05, 0) is 31.4 Å². The third-order valence-corrected chi connectivity index (χ3v) is 2.50. The number of hydrogen-bond donors (Lipinski definition) is 1. The van der Waals surface area contributed by atoms with E-state index in [-0.39, 0.29) is 4.75 Å². The Labute approximate surface area is 64.7 Å². The first-order chi connectivity index (χ1) is 4.11. The van der Waals surface area contributed by atoms with E-state index in [1.165, 1.54) is 16.4 Å². The second-order valence-electron chi connectivity index (χ2n) is 2.44. The summed E-state index contributed by atoms with van der Waals surface area (Å²) in [5, 5.41) is 0. The molecule has 1 heterocycles. The summed E-state index contributed by atoms with van der Waals surface area (Å²) in [6.45, 7) is 4.12. The molecule has 0 bridgehead atoms. The van der Waals surface area contributed by atoms with E-state index in [4.69, 9.17) is 0 Å². The molecule has 0 atom stereocenters. The lowest BCUT2D eigenvalue weighted by molar-refractivity contribution is 0.812. The lowest BCUT2D eigenvalue weighted by Gasteiger charge is -2.12. The van der Waals surface area contributed by atoms with Gasteiger partial charge in [0.1, 0.15) is 0 Å². The number of nitrogens with zero attached hydrogens (tertiary/aromatic N) is 1. The highest BCUT2D eigenvalue weighted by Gasteiger charge is 2.15. The number of rotatable bonds is 1. The lowest BCUT2D eigenvalue weighted by Crippen LogP contribution is -2.03. The molecule has 1 nitrogen and oxygen atoms in total. The van der Waals surface area contributed by atoms with E-state index in [1.54, 1.807) is 6.20 Å². The van der Waals surface area contributed by atoms with Crippen LogP contribution >= 0.6 is 24.2 Å². The molecule has 0 N–H and O–H groups in total. The van der Waals surface area contributed by atoms with Gasteiger partial charge in [-0.3, -0.25) is 0 Å². The molecule has 1 aromatic heterocycles. The van der Waals surface area contributed by atoms with Crippen molar-refractivity contribution in [1.29, 1.82) is 0 Å². The zero-order chi connectivity index (χ0) is 6.91. The first-order valence-corrected chi connectivity index (χ1v) is 3.96. The summed E-state index contributed by atoms with van der Waals surface area (Å²) in [6.07, 6.45) is 1.80. The molecule has 0 aliphatic heterocycles. The predicted molar refractivity (Wildman–Crippen MR) is 44.1 cm³/mol. The van der Waals surface area contributed by atoms with Gasteiger partial charge < -0.3 is 0 Å². The molecule has 9 heavy (non-hydrogen) atoms. The monoisotopic (exact) mass is 159 g/mol. The second kappa shape index (κ2) is 2.31. The van der Waals surface area contributed by atoms with Gasteiger partial charge in [-0.25, -0.2) is 4.37 Å². The first kappa shape index (κ1) is 7.09. The van der Waals surface area contributed by atoms with Crippen molar-refractivity contribution in [2.45, 2.75) is 18.6 Å². The van der Waals surface area contributed by atoms with Crippen LogP contribution in [0.2, 0.25) is 0 Å². The molecule has 0 aromatic carbocycles. The summed E-state index contributed by atoms with van der Waals surface area (Å²) in [4.78, 5) is 1.21. The summed E-state index contributed by atoms with van der Waals surface area (Å²) < 4.78 is 3.95. The number of aromatic nitrogens is 1. The van der Waals surface area contributed by atoms with Crippen molar-refractivity contribution in [1.82, 2.24) is 4.37 Å². The van der Waals surface area contributed by atoms with E-state index < -0.39 is 0 Å². The van der Waals surface area contributed by atoms with E-state index in [9.17, 15) is 0 Å². The summed E-state index contributed by atoms with van der Waals surface area (Å²) in [7, 11) is 0. The Bertz CT molecular complexity index is 173. The van der Waals surface area contributed by atoms with Gasteiger partial charge in [-0.1, -0.05) is 0 Å². The van der Waals surface area contributed by atoms with E-state index >= 15 is 0 Å². The highest BCUT2D eigenvalue weighted by atomic mass is 32.1. The summed E-state index contributed by atoms with van der Waals surface area (Å²) in [6, 6.07) is 2.00. The highest BCUT2D eigenvalue weighted by molar-refractivity contribution is 7.81. The maximum atomic E-state index is 4.38. The van der Waals surface area contributed by atoms with Crippen LogP contribution in [-0.2, 0) is 4.75 Å². The van der Waals surface area contributed by atoms with Crippen molar-refractivity contribution in [2.24, 2.45) is 0 Å². The molecule has 0 aliphatic carbocycles. The maximum absolute atomic E-state index is 4.38. The van der Waals surface area contributed by atoms with Crippen LogP contribution in [0.4, 0.5) is 0 Å². The minimum absolute atomic E-state index is 0.0266. The Balaban J connectivity index is 2.90. The average molecular weight is 159 g/mol. The Morgan fingerprint density at radius 3 is 2.56 bits per heavy atom. The summed E-state index contributed by atoms with van der Waals surface area (Å²) >= 11 is 5.88. The standard InChI is InChI=1S/C6H9NS2/c1-6(2,8)5-3-4-7-9-5/h3-4,8H,1-2H3. The molecule has 0 saturated carbocycles. The normalized spacial score (nSPS) is 11.9. The quantitative estimate of drug-likeness (QED) is 0.620. The van der Waals surface area contributed by atoms with Crippen LogP contribution in [0.1, 0.15) is 18.7 Å². The second-order valence-corrected chi connectivity index (χ2v) is 4.39. The zero-order valence-electron chi connectivity index (χ0n) is 5.46. The van der Waals surface area contributed by atoms with Gasteiger partial charge in [0.15, 0.2) is 0 Å². The van der Waals surface area contributed by atoms with Crippen molar-refractivity contribution >= 4 is 24.2 Å². The maximum Gasteiger partial charge on any atom is 0.0431 e. The molecule has 0 radical (unpaired) electrons. The van der Waals surface area contributed by atoms with Gasteiger partial charge in [0.25, 0.3) is 0 Å². The molecule has 0 unspecified atom stereocenters.